The van der Waals surface area contributed by atoms with Gasteiger partial charge in [0.1, 0.15) is 5.82 Å². The Morgan fingerprint density at radius 2 is 2.07 bits per heavy atom. The van der Waals surface area contributed by atoms with Gasteiger partial charge in [0.2, 0.25) is 0 Å². The summed E-state index contributed by atoms with van der Waals surface area (Å²) >= 11 is 0. The van der Waals surface area contributed by atoms with Crippen LogP contribution in [-0.4, -0.2) is 79.4 Å². The molecule has 2 aliphatic rings. The van der Waals surface area contributed by atoms with E-state index in [1.54, 1.807) is 16.8 Å². The van der Waals surface area contributed by atoms with E-state index in [1.165, 1.54) is 12.1 Å². The summed E-state index contributed by atoms with van der Waals surface area (Å²) in [5.74, 6) is -1.14. The summed E-state index contributed by atoms with van der Waals surface area (Å²) in [5.41, 5.74) is 0.951. The van der Waals surface area contributed by atoms with Gasteiger partial charge in [-0.3, -0.25) is 9.69 Å². The summed E-state index contributed by atoms with van der Waals surface area (Å²) in [6.07, 6.45) is 2.84. The Morgan fingerprint density at radius 1 is 1.36 bits per heavy atom. The first kappa shape index (κ1) is 20.5. The highest BCUT2D eigenvalue weighted by molar-refractivity contribution is 5.74. The fourth-order valence-corrected chi connectivity index (χ4v) is 3.99. The second-order valence-electron chi connectivity index (χ2n) is 7.83. The first-order chi connectivity index (χ1) is 13.4. The number of benzene rings is 1. The number of morpholine rings is 1. The fraction of sp³-hybridized carbons (Fsp3) is 0.600. The number of hydrogen-bond acceptors (Lipinski definition) is 4. The Balaban J connectivity index is 1.52. The number of carboxylic acid groups (broad SMARTS) is 1. The number of carboxylic acids is 1. The number of halogens is 1. The molecule has 1 aliphatic heterocycles. The van der Waals surface area contributed by atoms with E-state index in [2.05, 4.69) is 5.32 Å². The predicted octanol–water partition coefficient (Wildman–Crippen LogP) is 1.67. The molecule has 1 saturated heterocycles. The van der Waals surface area contributed by atoms with Crippen molar-refractivity contribution in [2.45, 2.75) is 30.8 Å². The van der Waals surface area contributed by atoms with Gasteiger partial charge < -0.3 is 20.1 Å². The number of amides is 2. The second kappa shape index (κ2) is 8.87. The number of nitrogens with one attached hydrogen (secondary N) is 1. The standard InChI is InChI=1S/C20H28FN3O4/c1-23(13-18(25)26)11-17-12-24(9-10-28-17)19(27)22-14-20(7-2-8-20)15-3-5-16(21)6-4-15/h3-6,17H,2,7-14H2,1H3,(H,22,27)(H,25,26). The summed E-state index contributed by atoms with van der Waals surface area (Å²) < 4.78 is 18.9. The molecule has 3 rings (SSSR count). The number of carbonyl (C=O) groups is 2. The van der Waals surface area contributed by atoms with Crippen molar-refractivity contribution < 1.29 is 23.8 Å². The van der Waals surface area contributed by atoms with E-state index in [0.717, 1.165) is 24.8 Å². The Labute approximate surface area is 164 Å². The zero-order chi connectivity index (χ0) is 20.1. The van der Waals surface area contributed by atoms with Crippen LogP contribution in [0.2, 0.25) is 0 Å². The SMILES string of the molecule is CN(CC(=O)O)CC1CN(C(=O)NCC2(c3ccc(F)cc3)CCC2)CCO1. The molecule has 0 spiro atoms. The number of aliphatic carboxylic acids is 1. The molecule has 1 aliphatic carbocycles. The van der Waals surface area contributed by atoms with Crippen LogP contribution < -0.4 is 5.32 Å². The first-order valence-electron chi connectivity index (χ1n) is 9.69. The molecule has 2 fully saturated rings. The molecule has 1 unspecified atom stereocenters. The summed E-state index contributed by atoms with van der Waals surface area (Å²) in [5, 5.41) is 11.9. The number of likely N-dealkylation sites (N-methyl/N-ethyl adjacent to an activating group) is 1. The lowest BCUT2D eigenvalue weighted by Gasteiger charge is -2.43. The number of rotatable bonds is 7. The van der Waals surface area contributed by atoms with E-state index in [9.17, 15) is 14.0 Å². The maximum Gasteiger partial charge on any atom is 0.317 e. The lowest BCUT2D eigenvalue weighted by atomic mass is 9.64. The molecule has 7 nitrogen and oxygen atoms in total. The molecule has 8 heteroatoms. The van der Waals surface area contributed by atoms with Gasteiger partial charge in [-0.2, -0.15) is 0 Å². The highest BCUT2D eigenvalue weighted by atomic mass is 19.1. The van der Waals surface area contributed by atoms with E-state index in [1.807, 2.05) is 12.1 Å². The van der Waals surface area contributed by atoms with E-state index >= 15 is 0 Å². The molecule has 2 N–H and O–H groups in total. The Morgan fingerprint density at radius 3 is 2.68 bits per heavy atom. The molecule has 1 aromatic rings. The fourth-order valence-electron chi connectivity index (χ4n) is 3.99. The van der Waals surface area contributed by atoms with Gasteiger partial charge in [-0.25, -0.2) is 9.18 Å². The van der Waals surface area contributed by atoms with Gasteiger partial charge in [0.25, 0.3) is 0 Å². The normalized spacial score (nSPS) is 21.2. The minimum atomic E-state index is -0.889. The van der Waals surface area contributed by atoms with Gasteiger partial charge in [-0.15, -0.1) is 0 Å². The third-order valence-electron chi connectivity index (χ3n) is 5.69. The minimum absolute atomic E-state index is 0.0632. The lowest BCUT2D eigenvalue weighted by molar-refractivity contribution is -0.138. The average molecular weight is 393 g/mol. The number of urea groups is 1. The van der Waals surface area contributed by atoms with Gasteiger partial charge in [0.15, 0.2) is 0 Å². The minimum Gasteiger partial charge on any atom is -0.480 e. The zero-order valence-electron chi connectivity index (χ0n) is 16.2. The van der Waals surface area contributed by atoms with Crippen molar-refractivity contribution in [2.75, 3.05) is 46.4 Å². The maximum atomic E-state index is 13.2. The van der Waals surface area contributed by atoms with Crippen LogP contribution in [0.25, 0.3) is 0 Å². The summed E-state index contributed by atoms with van der Waals surface area (Å²) in [7, 11) is 1.72. The van der Waals surface area contributed by atoms with Gasteiger partial charge in [0.05, 0.1) is 19.3 Å². The van der Waals surface area contributed by atoms with Crippen LogP contribution in [0, 0.1) is 5.82 Å². The summed E-state index contributed by atoms with van der Waals surface area (Å²) in [4.78, 5) is 26.9. The largest absolute Gasteiger partial charge is 0.480 e. The van der Waals surface area contributed by atoms with Gasteiger partial charge in [-0.05, 0) is 37.6 Å². The molecule has 154 valence electrons. The Bertz CT molecular complexity index is 693. The molecule has 28 heavy (non-hydrogen) atoms. The van der Waals surface area contributed by atoms with Crippen molar-refractivity contribution in [3.05, 3.63) is 35.6 Å². The molecule has 0 aromatic heterocycles. The molecule has 1 atom stereocenters. The lowest BCUT2D eigenvalue weighted by Crippen LogP contribution is -2.54. The third-order valence-corrected chi connectivity index (χ3v) is 5.69. The van der Waals surface area contributed by atoms with E-state index in [-0.39, 0.29) is 29.9 Å². The van der Waals surface area contributed by atoms with E-state index in [4.69, 9.17) is 9.84 Å². The molecule has 1 aromatic carbocycles. The van der Waals surface area contributed by atoms with Gasteiger partial charge in [0, 0.05) is 31.6 Å². The Kier molecular flexibility index (Phi) is 6.51. The van der Waals surface area contributed by atoms with Crippen molar-refractivity contribution in [2.24, 2.45) is 0 Å². The highest BCUT2D eigenvalue weighted by Crippen LogP contribution is 2.43. The van der Waals surface area contributed by atoms with Crippen LogP contribution in [0.5, 0.6) is 0 Å². The number of ether oxygens (including phenoxy) is 1. The Hall–Kier alpha value is -2.19. The van der Waals surface area contributed by atoms with Crippen molar-refractivity contribution in [1.82, 2.24) is 15.1 Å². The van der Waals surface area contributed by atoms with Crippen LogP contribution in [0.3, 0.4) is 0 Å². The van der Waals surface area contributed by atoms with Gasteiger partial charge >= 0.3 is 12.0 Å². The number of nitrogens with zero attached hydrogens (tertiary/aromatic N) is 2. The van der Waals surface area contributed by atoms with Crippen molar-refractivity contribution in [1.29, 1.82) is 0 Å². The highest BCUT2D eigenvalue weighted by Gasteiger charge is 2.39. The molecular weight excluding hydrogens is 365 g/mol. The van der Waals surface area contributed by atoms with Crippen LogP contribution in [0.1, 0.15) is 24.8 Å². The zero-order valence-corrected chi connectivity index (χ0v) is 16.2. The monoisotopic (exact) mass is 393 g/mol. The quantitative estimate of drug-likeness (QED) is 0.737. The van der Waals surface area contributed by atoms with Gasteiger partial charge in [-0.1, -0.05) is 18.6 Å². The first-order valence-corrected chi connectivity index (χ1v) is 9.69. The average Bonchev–Trinajstić information content (AvgIpc) is 2.61. The molecular formula is C20H28FN3O4. The van der Waals surface area contributed by atoms with Crippen LogP contribution in [-0.2, 0) is 14.9 Å². The van der Waals surface area contributed by atoms with E-state index < -0.39 is 5.97 Å². The second-order valence-corrected chi connectivity index (χ2v) is 7.83. The van der Waals surface area contributed by atoms with Crippen molar-refractivity contribution >= 4 is 12.0 Å². The van der Waals surface area contributed by atoms with Crippen LogP contribution in [0.4, 0.5) is 9.18 Å². The topological polar surface area (TPSA) is 82.1 Å². The van der Waals surface area contributed by atoms with Crippen molar-refractivity contribution in [3.8, 4) is 0 Å². The van der Waals surface area contributed by atoms with Crippen LogP contribution in [0.15, 0.2) is 24.3 Å². The molecule has 1 heterocycles. The molecule has 2 amide bonds. The van der Waals surface area contributed by atoms with Crippen molar-refractivity contribution in [3.63, 3.8) is 0 Å². The number of carbonyl (C=O) groups excluding carboxylic acids is 1. The molecule has 1 saturated carbocycles. The maximum absolute atomic E-state index is 13.2. The summed E-state index contributed by atoms with van der Waals surface area (Å²) in [6.45, 7) is 2.29. The van der Waals surface area contributed by atoms with E-state index in [0.29, 0.717) is 32.8 Å². The van der Waals surface area contributed by atoms with Crippen LogP contribution >= 0.6 is 0 Å². The molecule has 0 bridgehead atoms. The molecule has 0 radical (unpaired) electrons. The smallest absolute Gasteiger partial charge is 0.317 e. The summed E-state index contributed by atoms with van der Waals surface area (Å²) in [6, 6.07) is 6.42. The predicted molar refractivity (Wildman–Crippen MR) is 102 cm³/mol. The number of hydrogen-bond donors (Lipinski definition) is 2. The third kappa shape index (κ3) is 4.99.